The molecule has 104 valence electrons. The van der Waals surface area contributed by atoms with Gasteiger partial charge < -0.3 is 5.32 Å². The zero-order valence-electron chi connectivity index (χ0n) is 11.8. The SMILES string of the molecule is CNC(Cc1ccc2c(c1)CCC2)c1ccccc1I. The van der Waals surface area contributed by atoms with Crippen LogP contribution in [0.2, 0.25) is 0 Å². The molecule has 1 nitrogen and oxygen atoms in total. The summed E-state index contributed by atoms with van der Waals surface area (Å²) in [6.45, 7) is 0. The third kappa shape index (κ3) is 2.91. The average molecular weight is 377 g/mol. The number of benzene rings is 2. The predicted octanol–water partition coefficient (Wildman–Crippen LogP) is 4.28. The van der Waals surface area contributed by atoms with Crippen molar-refractivity contribution in [1.29, 1.82) is 0 Å². The summed E-state index contributed by atoms with van der Waals surface area (Å²) in [7, 11) is 2.06. The lowest BCUT2D eigenvalue weighted by atomic mass is 9.97. The Kier molecular flexibility index (Phi) is 4.41. The largest absolute Gasteiger partial charge is 0.313 e. The van der Waals surface area contributed by atoms with E-state index in [9.17, 15) is 0 Å². The van der Waals surface area contributed by atoms with Crippen molar-refractivity contribution in [3.05, 3.63) is 68.3 Å². The quantitative estimate of drug-likeness (QED) is 0.785. The molecule has 0 saturated heterocycles. The van der Waals surface area contributed by atoms with Crippen molar-refractivity contribution < 1.29 is 0 Å². The van der Waals surface area contributed by atoms with E-state index in [-0.39, 0.29) is 0 Å². The molecular weight excluding hydrogens is 357 g/mol. The van der Waals surface area contributed by atoms with E-state index in [2.05, 4.69) is 77.4 Å². The van der Waals surface area contributed by atoms with Gasteiger partial charge in [0.25, 0.3) is 0 Å². The van der Waals surface area contributed by atoms with Gasteiger partial charge in [0.05, 0.1) is 0 Å². The summed E-state index contributed by atoms with van der Waals surface area (Å²) in [5.41, 5.74) is 5.98. The Morgan fingerprint density at radius 2 is 1.90 bits per heavy atom. The normalized spacial score (nSPS) is 15.1. The second-order valence-corrected chi connectivity index (χ2v) is 6.69. The Morgan fingerprint density at radius 1 is 1.10 bits per heavy atom. The van der Waals surface area contributed by atoms with E-state index in [4.69, 9.17) is 0 Å². The van der Waals surface area contributed by atoms with Gasteiger partial charge in [0, 0.05) is 9.61 Å². The standard InChI is InChI=1S/C18H20IN/c1-20-18(16-7-2-3-8-17(16)19)12-13-9-10-14-5-4-6-15(14)11-13/h2-3,7-11,18,20H,4-6,12H2,1H3. The van der Waals surface area contributed by atoms with E-state index < -0.39 is 0 Å². The lowest BCUT2D eigenvalue weighted by Gasteiger charge is -2.19. The number of hydrogen-bond donors (Lipinski definition) is 1. The molecule has 0 amide bonds. The molecule has 1 aliphatic carbocycles. The highest BCUT2D eigenvalue weighted by atomic mass is 127. The van der Waals surface area contributed by atoms with Crippen molar-refractivity contribution in [2.24, 2.45) is 0 Å². The lowest BCUT2D eigenvalue weighted by Crippen LogP contribution is -2.19. The molecule has 1 unspecified atom stereocenters. The predicted molar refractivity (Wildman–Crippen MR) is 93.1 cm³/mol. The van der Waals surface area contributed by atoms with E-state index in [1.807, 2.05) is 0 Å². The summed E-state index contributed by atoms with van der Waals surface area (Å²) in [5.74, 6) is 0. The van der Waals surface area contributed by atoms with Crippen molar-refractivity contribution in [3.8, 4) is 0 Å². The van der Waals surface area contributed by atoms with Crippen molar-refractivity contribution in [2.75, 3.05) is 7.05 Å². The minimum atomic E-state index is 0.391. The number of nitrogens with one attached hydrogen (secondary N) is 1. The van der Waals surface area contributed by atoms with Gasteiger partial charge in [-0.2, -0.15) is 0 Å². The Bertz CT molecular complexity index is 606. The summed E-state index contributed by atoms with van der Waals surface area (Å²) < 4.78 is 1.34. The molecule has 0 saturated carbocycles. The molecule has 0 aliphatic heterocycles. The first-order valence-electron chi connectivity index (χ1n) is 7.30. The van der Waals surface area contributed by atoms with Crippen LogP contribution in [0, 0.1) is 3.57 Å². The molecule has 1 aliphatic rings. The lowest BCUT2D eigenvalue weighted by molar-refractivity contribution is 0.589. The topological polar surface area (TPSA) is 12.0 Å². The highest BCUT2D eigenvalue weighted by Gasteiger charge is 2.15. The smallest absolute Gasteiger partial charge is 0.0368 e. The number of halogens is 1. The van der Waals surface area contributed by atoms with Crippen molar-refractivity contribution in [2.45, 2.75) is 31.7 Å². The van der Waals surface area contributed by atoms with E-state index >= 15 is 0 Å². The van der Waals surface area contributed by atoms with E-state index in [1.54, 1.807) is 11.1 Å². The Morgan fingerprint density at radius 3 is 2.70 bits per heavy atom. The Labute approximate surface area is 134 Å². The van der Waals surface area contributed by atoms with Gasteiger partial charge in [-0.15, -0.1) is 0 Å². The summed E-state index contributed by atoms with van der Waals surface area (Å²) in [5, 5.41) is 3.47. The average Bonchev–Trinajstić information content (AvgIpc) is 2.93. The molecule has 1 N–H and O–H groups in total. The first-order valence-corrected chi connectivity index (χ1v) is 8.38. The highest BCUT2D eigenvalue weighted by molar-refractivity contribution is 14.1. The summed E-state index contributed by atoms with van der Waals surface area (Å²) >= 11 is 2.43. The summed E-state index contributed by atoms with van der Waals surface area (Å²) in [4.78, 5) is 0. The number of hydrogen-bond acceptors (Lipinski definition) is 1. The molecule has 2 heteroatoms. The van der Waals surface area contributed by atoms with Crippen LogP contribution in [-0.2, 0) is 19.3 Å². The fraction of sp³-hybridized carbons (Fsp3) is 0.333. The maximum atomic E-state index is 3.47. The second-order valence-electron chi connectivity index (χ2n) is 5.52. The van der Waals surface area contributed by atoms with Gasteiger partial charge in [0.1, 0.15) is 0 Å². The van der Waals surface area contributed by atoms with Crippen LogP contribution in [0.4, 0.5) is 0 Å². The van der Waals surface area contributed by atoms with Gasteiger partial charge in [-0.1, -0.05) is 36.4 Å². The van der Waals surface area contributed by atoms with Crippen LogP contribution in [0.1, 0.15) is 34.7 Å². The third-order valence-corrected chi connectivity index (χ3v) is 5.21. The minimum absolute atomic E-state index is 0.391. The minimum Gasteiger partial charge on any atom is -0.313 e. The number of fused-ring (bicyclic) bond motifs is 1. The van der Waals surface area contributed by atoms with Crippen LogP contribution in [0.25, 0.3) is 0 Å². The maximum absolute atomic E-state index is 3.47. The summed E-state index contributed by atoms with van der Waals surface area (Å²) in [6.07, 6.45) is 4.91. The van der Waals surface area contributed by atoms with Crippen LogP contribution in [-0.4, -0.2) is 7.05 Å². The fourth-order valence-corrected chi connectivity index (χ4v) is 3.88. The molecule has 0 aromatic heterocycles. The Hall–Kier alpha value is -0.870. The van der Waals surface area contributed by atoms with Crippen molar-refractivity contribution in [1.82, 2.24) is 5.32 Å². The van der Waals surface area contributed by atoms with Crippen LogP contribution in [0.3, 0.4) is 0 Å². The van der Waals surface area contributed by atoms with Gasteiger partial charge in [-0.25, -0.2) is 0 Å². The molecule has 0 bridgehead atoms. The van der Waals surface area contributed by atoms with Gasteiger partial charge in [0.15, 0.2) is 0 Å². The van der Waals surface area contributed by atoms with Crippen LogP contribution in [0.5, 0.6) is 0 Å². The fourth-order valence-electron chi connectivity index (χ4n) is 3.11. The third-order valence-electron chi connectivity index (χ3n) is 4.23. The molecule has 2 aromatic carbocycles. The highest BCUT2D eigenvalue weighted by Crippen LogP contribution is 2.27. The van der Waals surface area contributed by atoms with Gasteiger partial charge in [-0.05, 0) is 83.6 Å². The van der Waals surface area contributed by atoms with Crippen LogP contribution >= 0.6 is 22.6 Å². The maximum Gasteiger partial charge on any atom is 0.0368 e. The number of aryl methyl sites for hydroxylation is 2. The number of likely N-dealkylation sites (N-methyl/N-ethyl adjacent to an activating group) is 1. The second kappa shape index (κ2) is 6.27. The molecule has 20 heavy (non-hydrogen) atoms. The monoisotopic (exact) mass is 377 g/mol. The van der Waals surface area contributed by atoms with Crippen molar-refractivity contribution >= 4 is 22.6 Å². The Balaban J connectivity index is 1.83. The first kappa shape index (κ1) is 14.1. The zero-order valence-corrected chi connectivity index (χ0v) is 14.0. The molecular formula is C18H20IN. The van der Waals surface area contributed by atoms with E-state index in [0.717, 1.165) is 6.42 Å². The molecule has 0 heterocycles. The summed E-state index contributed by atoms with van der Waals surface area (Å²) in [6, 6.07) is 16.1. The first-order chi connectivity index (χ1) is 9.78. The van der Waals surface area contributed by atoms with Crippen LogP contribution < -0.4 is 5.32 Å². The molecule has 0 radical (unpaired) electrons. The molecule has 2 aromatic rings. The van der Waals surface area contributed by atoms with Gasteiger partial charge >= 0.3 is 0 Å². The van der Waals surface area contributed by atoms with Crippen molar-refractivity contribution in [3.63, 3.8) is 0 Å². The van der Waals surface area contributed by atoms with Gasteiger partial charge in [0.2, 0.25) is 0 Å². The van der Waals surface area contributed by atoms with E-state index in [1.165, 1.54) is 34.0 Å². The van der Waals surface area contributed by atoms with Gasteiger partial charge in [-0.3, -0.25) is 0 Å². The molecule has 0 spiro atoms. The zero-order chi connectivity index (χ0) is 13.9. The molecule has 1 atom stereocenters. The molecule has 0 fully saturated rings. The molecule has 3 rings (SSSR count). The number of rotatable bonds is 4. The van der Waals surface area contributed by atoms with Crippen LogP contribution in [0.15, 0.2) is 42.5 Å². The van der Waals surface area contributed by atoms with E-state index in [0.29, 0.717) is 6.04 Å².